The minimum absolute atomic E-state index is 0.124. The van der Waals surface area contributed by atoms with Crippen LogP contribution in [0.5, 0.6) is 5.75 Å². The van der Waals surface area contributed by atoms with Crippen molar-refractivity contribution in [3.05, 3.63) is 29.6 Å². The molecule has 2 rings (SSSR count). The number of benzene rings is 1. The molecule has 1 heterocycles. The van der Waals surface area contributed by atoms with Gasteiger partial charge in [0.15, 0.2) is 0 Å². The first-order valence-corrected chi connectivity index (χ1v) is 3.81. The van der Waals surface area contributed by atoms with Crippen molar-refractivity contribution < 1.29 is 18.3 Å². The normalized spacial score (nSPS) is 20.8. The number of halogens is 2. The summed E-state index contributed by atoms with van der Waals surface area (Å²) in [6, 6.07) is 4.08. The molecule has 1 aromatic carbocycles. The molecule has 0 aliphatic carbocycles. The van der Waals surface area contributed by atoms with Crippen molar-refractivity contribution in [3.8, 4) is 5.75 Å². The van der Waals surface area contributed by atoms with Crippen molar-refractivity contribution >= 4 is 5.97 Å². The van der Waals surface area contributed by atoms with Gasteiger partial charge in [0.1, 0.15) is 11.6 Å². The van der Waals surface area contributed by atoms with E-state index in [-0.39, 0.29) is 17.7 Å². The van der Waals surface area contributed by atoms with Crippen LogP contribution in [0.3, 0.4) is 0 Å². The average molecular weight is 184 g/mol. The summed E-state index contributed by atoms with van der Waals surface area (Å²) in [7, 11) is 0. The van der Waals surface area contributed by atoms with Crippen molar-refractivity contribution in [2.24, 2.45) is 0 Å². The summed E-state index contributed by atoms with van der Waals surface area (Å²) in [5.41, 5.74) is 0.134. The molecule has 1 aliphatic heterocycles. The molecular weight excluding hydrogens is 178 g/mol. The van der Waals surface area contributed by atoms with E-state index >= 15 is 0 Å². The van der Waals surface area contributed by atoms with Crippen LogP contribution in [0.1, 0.15) is 5.56 Å². The molecule has 0 saturated heterocycles. The van der Waals surface area contributed by atoms with Gasteiger partial charge in [0.05, 0.1) is 0 Å². The molecule has 68 valence electrons. The SMILES string of the molecule is O=C1Oc2cccc(F)c2C[C@@H]1F. The molecule has 0 amide bonds. The van der Waals surface area contributed by atoms with Gasteiger partial charge in [-0.15, -0.1) is 0 Å². The van der Waals surface area contributed by atoms with E-state index in [9.17, 15) is 13.6 Å². The van der Waals surface area contributed by atoms with Crippen LogP contribution in [0, 0.1) is 5.82 Å². The Kier molecular flexibility index (Phi) is 1.76. The summed E-state index contributed by atoms with van der Waals surface area (Å²) in [5.74, 6) is -1.36. The fraction of sp³-hybridized carbons (Fsp3) is 0.222. The Hall–Kier alpha value is -1.45. The molecule has 13 heavy (non-hydrogen) atoms. The van der Waals surface area contributed by atoms with E-state index in [0.29, 0.717) is 0 Å². The molecule has 0 N–H and O–H groups in total. The monoisotopic (exact) mass is 184 g/mol. The number of carbonyl (C=O) groups excluding carboxylic acids is 1. The first kappa shape index (κ1) is 8.16. The van der Waals surface area contributed by atoms with Crippen LogP contribution in [0.4, 0.5) is 8.78 Å². The predicted octanol–water partition coefficient (Wildman–Crippen LogP) is 1.63. The zero-order valence-corrected chi connectivity index (χ0v) is 6.59. The van der Waals surface area contributed by atoms with E-state index in [1.807, 2.05) is 0 Å². The third-order valence-corrected chi connectivity index (χ3v) is 1.93. The molecule has 0 bridgehead atoms. The van der Waals surface area contributed by atoms with Gasteiger partial charge in [-0.2, -0.15) is 0 Å². The van der Waals surface area contributed by atoms with Crippen molar-refractivity contribution in [2.75, 3.05) is 0 Å². The van der Waals surface area contributed by atoms with Gasteiger partial charge >= 0.3 is 5.97 Å². The molecule has 2 nitrogen and oxygen atoms in total. The molecule has 1 aromatic rings. The van der Waals surface area contributed by atoms with Gasteiger partial charge in [-0.25, -0.2) is 13.6 Å². The molecule has 0 saturated carbocycles. The molecule has 0 unspecified atom stereocenters. The summed E-state index contributed by atoms with van der Waals surface area (Å²) < 4.78 is 30.4. The highest BCUT2D eigenvalue weighted by molar-refractivity contribution is 5.79. The fourth-order valence-electron chi connectivity index (χ4n) is 1.27. The van der Waals surface area contributed by atoms with Crippen LogP contribution < -0.4 is 4.74 Å². The second kappa shape index (κ2) is 2.80. The summed E-state index contributed by atoms with van der Waals surface area (Å²) in [6.45, 7) is 0. The summed E-state index contributed by atoms with van der Waals surface area (Å²) in [6.07, 6.45) is -1.98. The molecule has 1 atom stereocenters. The zero-order chi connectivity index (χ0) is 9.42. The minimum atomic E-state index is -1.75. The lowest BCUT2D eigenvalue weighted by molar-refractivity contribution is -0.141. The van der Waals surface area contributed by atoms with Crippen molar-refractivity contribution in [3.63, 3.8) is 0 Å². The molecular formula is C9H6F2O2. The Bertz CT molecular complexity index is 363. The lowest BCUT2D eigenvalue weighted by Crippen LogP contribution is -2.29. The van der Waals surface area contributed by atoms with Crippen LogP contribution in [0.15, 0.2) is 18.2 Å². The number of fused-ring (bicyclic) bond motifs is 1. The molecule has 0 spiro atoms. The first-order chi connectivity index (χ1) is 6.18. The molecule has 0 radical (unpaired) electrons. The van der Waals surface area contributed by atoms with Crippen molar-refractivity contribution in [2.45, 2.75) is 12.6 Å². The Balaban J connectivity index is 2.48. The number of hydrogen-bond acceptors (Lipinski definition) is 2. The number of carbonyl (C=O) groups is 1. The van der Waals surface area contributed by atoms with E-state index in [0.717, 1.165) is 0 Å². The minimum Gasteiger partial charge on any atom is -0.424 e. The fourth-order valence-corrected chi connectivity index (χ4v) is 1.27. The highest BCUT2D eigenvalue weighted by atomic mass is 19.1. The summed E-state index contributed by atoms with van der Waals surface area (Å²) in [5, 5.41) is 0. The van der Waals surface area contributed by atoms with Gasteiger partial charge in [-0.3, -0.25) is 0 Å². The van der Waals surface area contributed by atoms with Crippen LogP contribution in [0.2, 0.25) is 0 Å². The zero-order valence-electron chi connectivity index (χ0n) is 6.59. The van der Waals surface area contributed by atoms with Gasteiger partial charge in [-0.1, -0.05) is 6.07 Å². The van der Waals surface area contributed by atoms with Gasteiger partial charge < -0.3 is 4.74 Å². The van der Waals surface area contributed by atoms with E-state index in [4.69, 9.17) is 0 Å². The van der Waals surface area contributed by atoms with E-state index in [1.165, 1.54) is 18.2 Å². The van der Waals surface area contributed by atoms with Crippen LogP contribution >= 0.6 is 0 Å². The number of hydrogen-bond donors (Lipinski definition) is 0. The van der Waals surface area contributed by atoms with E-state index in [2.05, 4.69) is 4.74 Å². The lowest BCUT2D eigenvalue weighted by atomic mass is 10.0. The second-order valence-corrected chi connectivity index (χ2v) is 2.81. The summed E-state index contributed by atoms with van der Waals surface area (Å²) in [4.78, 5) is 10.7. The van der Waals surface area contributed by atoms with Gasteiger partial charge in [0.2, 0.25) is 6.17 Å². The smallest absolute Gasteiger partial charge is 0.346 e. The molecule has 0 aromatic heterocycles. The van der Waals surface area contributed by atoms with Crippen LogP contribution in [-0.2, 0) is 11.2 Å². The van der Waals surface area contributed by atoms with Gasteiger partial charge in [0.25, 0.3) is 0 Å². The third kappa shape index (κ3) is 1.28. The Morgan fingerprint density at radius 1 is 1.46 bits per heavy atom. The Labute approximate surface area is 73.1 Å². The predicted molar refractivity (Wildman–Crippen MR) is 40.6 cm³/mol. The average Bonchev–Trinajstić information content (AvgIpc) is 2.09. The van der Waals surface area contributed by atoms with Gasteiger partial charge in [0, 0.05) is 12.0 Å². The van der Waals surface area contributed by atoms with Crippen LogP contribution in [-0.4, -0.2) is 12.1 Å². The van der Waals surface area contributed by atoms with Gasteiger partial charge in [-0.05, 0) is 12.1 Å². The first-order valence-electron chi connectivity index (χ1n) is 3.81. The van der Waals surface area contributed by atoms with Crippen LogP contribution in [0.25, 0.3) is 0 Å². The summed E-state index contributed by atoms with van der Waals surface area (Å²) >= 11 is 0. The topological polar surface area (TPSA) is 26.3 Å². The third-order valence-electron chi connectivity index (χ3n) is 1.93. The lowest BCUT2D eigenvalue weighted by Gasteiger charge is -2.18. The maximum absolute atomic E-state index is 13.0. The Morgan fingerprint density at radius 3 is 3.00 bits per heavy atom. The number of ether oxygens (including phenoxy) is 1. The number of esters is 1. The van der Waals surface area contributed by atoms with E-state index in [1.54, 1.807) is 0 Å². The largest absolute Gasteiger partial charge is 0.424 e. The molecule has 4 heteroatoms. The number of alkyl halides is 1. The van der Waals surface area contributed by atoms with Crippen molar-refractivity contribution in [1.82, 2.24) is 0 Å². The van der Waals surface area contributed by atoms with E-state index < -0.39 is 18.0 Å². The maximum Gasteiger partial charge on any atom is 0.346 e. The van der Waals surface area contributed by atoms with Crippen molar-refractivity contribution in [1.29, 1.82) is 0 Å². The highest BCUT2D eigenvalue weighted by Crippen LogP contribution is 2.28. The maximum atomic E-state index is 13.0. The molecule has 0 fully saturated rings. The molecule has 1 aliphatic rings. The number of rotatable bonds is 0. The Morgan fingerprint density at radius 2 is 2.23 bits per heavy atom. The quantitative estimate of drug-likeness (QED) is 0.452. The highest BCUT2D eigenvalue weighted by Gasteiger charge is 2.29. The second-order valence-electron chi connectivity index (χ2n) is 2.81. The standard InChI is InChI=1S/C9H6F2O2/c10-6-2-1-3-8-5(6)4-7(11)9(12)13-8/h1-3,7H,4H2/t7-/m0/s1.